The van der Waals surface area contributed by atoms with Crippen LogP contribution in [0.2, 0.25) is 0 Å². The lowest BCUT2D eigenvalue weighted by molar-refractivity contribution is 0.00493. The summed E-state index contributed by atoms with van der Waals surface area (Å²) in [6.45, 7) is 8.63. The van der Waals surface area contributed by atoms with Gasteiger partial charge in [-0.05, 0) is 45.9 Å². The van der Waals surface area contributed by atoms with Gasteiger partial charge in [-0.3, -0.25) is 4.90 Å². The first-order valence-electron chi connectivity index (χ1n) is 11.1. The molecule has 4 N–H and O–H groups in total. The van der Waals surface area contributed by atoms with Crippen LogP contribution in [0, 0.1) is 6.92 Å². The van der Waals surface area contributed by atoms with Gasteiger partial charge in [-0.2, -0.15) is 0 Å². The molecule has 180 valence electrons. The third-order valence-corrected chi connectivity index (χ3v) is 6.41. The Kier molecular flexibility index (Phi) is 5.91. The number of methoxy groups -OCH3 is 2. The molecular formula is C25H33N7O2. The van der Waals surface area contributed by atoms with Crippen LogP contribution in [0.15, 0.2) is 64.5 Å². The molecule has 0 saturated carbocycles. The van der Waals surface area contributed by atoms with Gasteiger partial charge in [-0.15, -0.1) is 0 Å². The molecule has 1 aromatic carbocycles. The Labute approximate surface area is 200 Å². The average Bonchev–Trinajstić information content (AvgIpc) is 3.15. The molecule has 0 aliphatic carbocycles. The number of nitrogens with two attached hydrogens (primary N) is 2. The summed E-state index contributed by atoms with van der Waals surface area (Å²) >= 11 is 0. The van der Waals surface area contributed by atoms with Gasteiger partial charge in [0.15, 0.2) is 0 Å². The van der Waals surface area contributed by atoms with E-state index < -0.39 is 5.60 Å². The van der Waals surface area contributed by atoms with Gasteiger partial charge in [0.25, 0.3) is 0 Å². The van der Waals surface area contributed by atoms with Crippen LogP contribution in [0.3, 0.4) is 0 Å². The molecule has 2 aliphatic heterocycles. The van der Waals surface area contributed by atoms with Crippen molar-refractivity contribution >= 4 is 11.6 Å². The summed E-state index contributed by atoms with van der Waals surface area (Å²) in [6.07, 6.45) is 5.65. The Balaban J connectivity index is 1.82. The number of aromatic nitrogens is 2. The van der Waals surface area contributed by atoms with Crippen LogP contribution < -0.4 is 21.1 Å². The van der Waals surface area contributed by atoms with Crippen LogP contribution in [-0.2, 0) is 11.8 Å². The van der Waals surface area contributed by atoms with Crippen molar-refractivity contribution in [3.8, 4) is 17.0 Å². The lowest BCUT2D eigenvalue weighted by atomic mass is 10.0. The first-order chi connectivity index (χ1) is 16.1. The second-order valence-corrected chi connectivity index (χ2v) is 9.11. The summed E-state index contributed by atoms with van der Waals surface area (Å²) in [5, 5.41) is 0. The first-order valence-corrected chi connectivity index (χ1v) is 11.1. The van der Waals surface area contributed by atoms with Crippen LogP contribution in [0.4, 0.5) is 5.69 Å². The maximum Gasteiger partial charge on any atom is 0.205 e. The molecular weight excluding hydrogens is 430 g/mol. The Morgan fingerprint density at radius 3 is 2.47 bits per heavy atom. The number of guanidine groups is 1. The molecule has 2 aromatic rings. The van der Waals surface area contributed by atoms with E-state index >= 15 is 0 Å². The van der Waals surface area contributed by atoms with Crippen LogP contribution in [0.5, 0.6) is 5.75 Å². The number of nitrogens with zero attached hydrogens (tertiary/aromatic N) is 5. The fourth-order valence-electron chi connectivity index (χ4n) is 4.18. The molecule has 9 nitrogen and oxygen atoms in total. The second-order valence-electron chi connectivity index (χ2n) is 9.11. The summed E-state index contributed by atoms with van der Waals surface area (Å²) in [6, 6.07) is 5.96. The molecule has 2 aliphatic rings. The predicted molar refractivity (Wildman–Crippen MR) is 135 cm³/mol. The average molecular weight is 464 g/mol. The van der Waals surface area contributed by atoms with Crippen LogP contribution in [0.1, 0.15) is 26.6 Å². The van der Waals surface area contributed by atoms with Crippen molar-refractivity contribution < 1.29 is 9.47 Å². The molecule has 0 fully saturated rings. The van der Waals surface area contributed by atoms with E-state index in [-0.39, 0.29) is 0 Å². The Morgan fingerprint density at radius 2 is 1.85 bits per heavy atom. The number of aliphatic imine (C=N–C) groups is 1. The Morgan fingerprint density at radius 1 is 1.12 bits per heavy atom. The quantitative estimate of drug-likeness (QED) is 0.677. The highest BCUT2D eigenvalue weighted by Gasteiger charge is 2.34. The Bertz CT molecular complexity index is 1250. The molecule has 0 unspecified atom stereocenters. The zero-order valence-electron chi connectivity index (χ0n) is 20.9. The minimum absolute atomic E-state index is 0.308. The number of allylic oxidation sites excluding steroid dienone is 2. The molecule has 0 amide bonds. The number of fused-ring (bicyclic) bond motifs is 1. The van der Waals surface area contributed by atoms with Gasteiger partial charge in [0.05, 0.1) is 42.5 Å². The Hall–Kier alpha value is -3.72. The van der Waals surface area contributed by atoms with E-state index in [1.54, 1.807) is 20.4 Å². The number of benzene rings is 1. The van der Waals surface area contributed by atoms with Crippen LogP contribution in [-0.4, -0.2) is 46.8 Å². The van der Waals surface area contributed by atoms with Crippen molar-refractivity contribution in [3.63, 3.8) is 0 Å². The van der Waals surface area contributed by atoms with Gasteiger partial charge in [-0.1, -0.05) is 6.07 Å². The number of ether oxygens (including phenoxy) is 2. The van der Waals surface area contributed by atoms with Crippen molar-refractivity contribution in [2.24, 2.45) is 23.5 Å². The highest BCUT2D eigenvalue weighted by molar-refractivity contribution is 6.02. The van der Waals surface area contributed by atoms with E-state index in [1.807, 2.05) is 73.5 Å². The molecule has 3 heterocycles. The lowest BCUT2D eigenvalue weighted by Gasteiger charge is -2.40. The van der Waals surface area contributed by atoms with E-state index in [4.69, 9.17) is 20.9 Å². The third-order valence-electron chi connectivity index (χ3n) is 6.41. The van der Waals surface area contributed by atoms with Crippen molar-refractivity contribution in [1.29, 1.82) is 0 Å². The minimum atomic E-state index is -0.402. The molecule has 0 atom stereocenters. The normalized spacial score (nSPS) is 16.3. The summed E-state index contributed by atoms with van der Waals surface area (Å²) in [7, 11) is 5.33. The van der Waals surface area contributed by atoms with Gasteiger partial charge in [-0.25, -0.2) is 9.98 Å². The van der Waals surface area contributed by atoms with Crippen molar-refractivity contribution in [1.82, 2.24) is 14.5 Å². The number of aryl methyl sites for hydroxylation is 1. The first kappa shape index (κ1) is 23.4. The van der Waals surface area contributed by atoms with Crippen molar-refractivity contribution in [3.05, 3.63) is 65.3 Å². The minimum Gasteiger partial charge on any atom is -0.495 e. The maximum absolute atomic E-state index is 6.77. The number of hydrogen-bond acceptors (Lipinski definition) is 8. The third kappa shape index (κ3) is 3.92. The smallest absolute Gasteiger partial charge is 0.205 e. The van der Waals surface area contributed by atoms with Gasteiger partial charge in [0.1, 0.15) is 17.4 Å². The summed E-state index contributed by atoms with van der Waals surface area (Å²) in [5.74, 6) is 2.46. The SMILES string of the molecule is COc1cc(-c2cnc(C)n2C)ccc1N1C(N)=NC=C2C=C(C)N(CC(C)(C)OC)C(N)=C21. The molecule has 0 radical (unpaired) electrons. The number of rotatable bonds is 6. The van der Waals surface area contributed by atoms with E-state index in [2.05, 4.69) is 16.1 Å². The number of imidazole rings is 1. The summed E-state index contributed by atoms with van der Waals surface area (Å²) < 4.78 is 13.5. The molecule has 0 bridgehead atoms. The van der Waals surface area contributed by atoms with Gasteiger partial charge < -0.3 is 30.4 Å². The van der Waals surface area contributed by atoms with Crippen molar-refractivity contribution in [2.45, 2.75) is 33.3 Å². The van der Waals surface area contributed by atoms with Gasteiger partial charge in [0.2, 0.25) is 5.96 Å². The van der Waals surface area contributed by atoms with E-state index in [9.17, 15) is 0 Å². The molecule has 34 heavy (non-hydrogen) atoms. The summed E-state index contributed by atoms with van der Waals surface area (Å²) in [4.78, 5) is 12.7. The molecule has 9 heteroatoms. The maximum atomic E-state index is 6.77. The van der Waals surface area contributed by atoms with Crippen LogP contribution in [0.25, 0.3) is 11.3 Å². The molecule has 1 aromatic heterocycles. The fraction of sp³-hybridized carbons (Fsp3) is 0.360. The fourth-order valence-corrected chi connectivity index (χ4v) is 4.18. The van der Waals surface area contributed by atoms with Crippen LogP contribution >= 0.6 is 0 Å². The predicted octanol–water partition coefficient (Wildman–Crippen LogP) is 3.19. The standard InChI is InChI=1S/C25H33N7O2/c1-15-10-18-12-29-24(27)32(22(18)23(26)31(15)14-25(3,4)34-7)19-9-8-17(11-21(19)33-6)20-13-28-16(2)30(20)5/h8-13H,14,26H2,1-7H3,(H2,27,29). The molecule has 4 rings (SSSR count). The highest BCUT2D eigenvalue weighted by atomic mass is 16.5. The van der Waals surface area contributed by atoms with E-state index in [0.717, 1.165) is 39.7 Å². The zero-order valence-corrected chi connectivity index (χ0v) is 20.9. The molecule has 0 spiro atoms. The van der Waals surface area contributed by atoms with Crippen molar-refractivity contribution in [2.75, 3.05) is 25.7 Å². The number of anilines is 1. The number of hydrogen-bond donors (Lipinski definition) is 2. The largest absolute Gasteiger partial charge is 0.495 e. The highest BCUT2D eigenvalue weighted by Crippen LogP contribution is 2.40. The molecule has 0 saturated heterocycles. The zero-order chi connectivity index (χ0) is 24.8. The lowest BCUT2D eigenvalue weighted by Crippen LogP contribution is -2.47. The van der Waals surface area contributed by atoms with Gasteiger partial charge >= 0.3 is 0 Å². The monoisotopic (exact) mass is 463 g/mol. The topological polar surface area (TPSA) is 107 Å². The van der Waals surface area contributed by atoms with E-state index in [0.29, 0.717) is 24.1 Å². The second kappa shape index (κ2) is 8.57. The van der Waals surface area contributed by atoms with E-state index in [1.165, 1.54) is 0 Å². The summed E-state index contributed by atoms with van der Waals surface area (Å²) in [5.41, 5.74) is 18.2. The van der Waals surface area contributed by atoms with Gasteiger partial charge in [0, 0.05) is 37.2 Å².